The summed E-state index contributed by atoms with van der Waals surface area (Å²) in [5, 5.41) is 0. The second-order valence-corrected chi connectivity index (χ2v) is 2.68. The third kappa shape index (κ3) is 22.5. The van der Waals surface area contributed by atoms with E-state index in [4.69, 9.17) is 0 Å². The van der Waals surface area contributed by atoms with Gasteiger partial charge in [0.05, 0.1) is 0 Å². The molecule has 0 aromatic rings. The quantitative estimate of drug-likeness (QED) is 0.690. The van der Waals surface area contributed by atoms with E-state index in [0.717, 1.165) is 5.92 Å². The summed E-state index contributed by atoms with van der Waals surface area (Å²) in [6, 6.07) is 0. The molecule has 0 aliphatic carbocycles. The van der Waals surface area contributed by atoms with E-state index in [2.05, 4.69) is 26.5 Å². The van der Waals surface area contributed by atoms with Crippen LogP contribution in [0.3, 0.4) is 0 Å². The van der Waals surface area contributed by atoms with Crippen LogP contribution in [0.25, 0.3) is 0 Å². The first-order valence-electron chi connectivity index (χ1n) is 5.39. The summed E-state index contributed by atoms with van der Waals surface area (Å²) >= 11 is 0. The SMILES string of the molecule is CC.CCCC(C)CCC.CN. The number of nitrogens with two attached hydrogens (primary N) is 1. The molecule has 0 aromatic heterocycles. The molecule has 12 heavy (non-hydrogen) atoms. The largest absolute Gasteiger partial charge is 0.333 e. The van der Waals surface area contributed by atoms with Gasteiger partial charge in [0.1, 0.15) is 0 Å². The van der Waals surface area contributed by atoms with Gasteiger partial charge in [0.15, 0.2) is 0 Å². The minimum absolute atomic E-state index is 0.963. The Bertz CT molecular complexity index is 38.3. The Labute approximate surface area is 79.7 Å². The minimum Gasteiger partial charge on any atom is -0.333 e. The molecule has 0 saturated carbocycles. The van der Waals surface area contributed by atoms with Crippen molar-refractivity contribution in [3.05, 3.63) is 0 Å². The highest BCUT2D eigenvalue weighted by Gasteiger charge is 1.95. The van der Waals surface area contributed by atoms with Crippen molar-refractivity contribution in [1.29, 1.82) is 0 Å². The van der Waals surface area contributed by atoms with Crippen LogP contribution in [0.15, 0.2) is 0 Å². The fourth-order valence-corrected chi connectivity index (χ4v) is 1.13. The highest BCUT2D eigenvalue weighted by molar-refractivity contribution is 4.48. The molecule has 78 valence electrons. The average molecular weight is 175 g/mol. The summed E-state index contributed by atoms with van der Waals surface area (Å²) < 4.78 is 0. The summed E-state index contributed by atoms with van der Waals surface area (Å²) in [5.41, 5.74) is 4.50. The molecule has 0 unspecified atom stereocenters. The van der Waals surface area contributed by atoms with Crippen LogP contribution in [0.1, 0.15) is 60.3 Å². The molecule has 0 atom stereocenters. The van der Waals surface area contributed by atoms with Gasteiger partial charge in [0, 0.05) is 0 Å². The zero-order valence-electron chi connectivity index (χ0n) is 9.98. The van der Waals surface area contributed by atoms with E-state index in [-0.39, 0.29) is 0 Å². The van der Waals surface area contributed by atoms with Crippen molar-refractivity contribution in [2.75, 3.05) is 7.05 Å². The Morgan fingerprint density at radius 2 is 1.17 bits per heavy atom. The van der Waals surface area contributed by atoms with Gasteiger partial charge >= 0.3 is 0 Å². The van der Waals surface area contributed by atoms with Crippen molar-refractivity contribution in [1.82, 2.24) is 0 Å². The number of rotatable bonds is 4. The fraction of sp³-hybridized carbons (Fsp3) is 1.00. The number of hydrogen-bond donors (Lipinski definition) is 1. The van der Waals surface area contributed by atoms with Crippen molar-refractivity contribution in [2.45, 2.75) is 60.3 Å². The molecule has 0 amide bonds. The fourth-order valence-electron chi connectivity index (χ4n) is 1.13. The van der Waals surface area contributed by atoms with Crippen LogP contribution in [0.4, 0.5) is 0 Å². The van der Waals surface area contributed by atoms with E-state index in [1.165, 1.54) is 32.7 Å². The van der Waals surface area contributed by atoms with Crippen LogP contribution in [0.5, 0.6) is 0 Å². The van der Waals surface area contributed by atoms with Crippen LogP contribution in [-0.4, -0.2) is 7.05 Å². The monoisotopic (exact) mass is 175 g/mol. The van der Waals surface area contributed by atoms with E-state index in [1.807, 2.05) is 13.8 Å². The van der Waals surface area contributed by atoms with Gasteiger partial charge in [-0.3, -0.25) is 0 Å². The van der Waals surface area contributed by atoms with Crippen LogP contribution in [0.2, 0.25) is 0 Å². The first kappa shape index (κ1) is 17.9. The first-order valence-corrected chi connectivity index (χ1v) is 5.39. The molecule has 0 fully saturated rings. The Kier molecular flexibility index (Phi) is 33.5. The van der Waals surface area contributed by atoms with Gasteiger partial charge < -0.3 is 5.73 Å². The summed E-state index contributed by atoms with van der Waals surface area (Å²) in [5.74, 6) is 0.963. The number of hydrogen-bond acceptors (Lipinski definition) is 1. The van der Waals surface area contributed by atoms with Gasteiger partial charge in [-0.05, 0) is 13.0 Å². The van der Waals surface area contributed by atoms with Crippen molar-refractivity contribution >= 4 is 0 Å². The molecule has 0 rings (SSSR count). The maximum Gasteiger partial charge on any atom is -0.0195 e. The lowest BCUT2D eigenvalue weighted by Crippen LogP contribution is -1.91. The molecule has 0 aliphatic heterocycles. The highest BCUT2D eigenvalue weighted by Crippen LogP contribution is 2.10. The predicted octanol–water partition coefficient (Wildman–Crippen LogP) is 3.82. The zero-order chi connectivity index (χ0) is 10.4. The van der Waals surface area contributed by atoms with E-state index in [9.17, 15) is 0 Å². The maximum absolute atomic E-state index is 4.50. The molecule has 0 spiro atoms. The lowest BCUT2D eigenvalue weighted by atomic mass is 10.0. The first-order chi connectivity index (χ1) is 5.81. The molecule has 0 aromatic carbocycles. The van der Waals surface area contributed by atoms with Crippen LogP contribution in [-0.2, 0) is 0 Å². The minimum atomic E-state index is 0.963. The lowest BCUT2D eigenvalue weighted by Gasteiger charge is -2.05. The van der Waals surface area contributed by atoms with Gasteiger partial charge in [-0.2, -0.15) is 0 Å². The van der Waals surface area contributed by atoms with Gasteiger partial charge in [-0.15, -0.1) is 0 Å². The third-order valence-electron chi connectivity index (χ3n) is 1.56. The van der Waals surface area contributed by atoms with E-state index < -0.39 is 0 Å². The molecule has 0 aliphatic rings. The van der Waals surface area contributed by atoms with Crippen LogP contribution < -0.4 is 5.73 Å². The van der Waals surface area contributed by atoms with Crippen molar-refractivity contribution in [3.63, 3.8) is 0 Å². The second kappa shape index (κ2) is 22.4. The standard InChI is InChI=1S/C8H18.C2H6.CH5N/c1-4-6-8(3)7-5-2;2*1-2/h8H,4-7H2,1-3H3;1-2H3;2H2,1H3. The van der Waals surface area contributed by atoms with E-state index in [1.54, 1.807) is 0 Å². The topological polar surface area (TPSA) is 26.0 Å². The molecular formula is C11H29N. The lowest BCUT2D eigenvalue weighted by molar-refractivity contribution is 0.480. The van der Waals surface area contributed by atoms with Crippen LogP contribution in [0, 0.1) is 5.92 Å². The maximum atomic E-state index is 4.50. The molecule has 2 N–H and O–H groups in total. The van der Waals surface area contributed by atoms with Gasteiger partial charge in [-0.1, -0.05) is 60.3 Å². The normalized spacial score (nSPS) is 8.00. The van der Waals surface area contributed by atoms with Crippen molar-refractivity contribution in [3.8, 4) is 0 Å². The summed E-state index contributed by atoms with van der Waals surface area (Å²) in [7, 11) is 1.50. The molecule has 0 heterocycles. The van der Waals surface area contributed by atoms with Crippen LogP contribution >= 0.6 is 0 Å². The second-order valence-electron chi connectivity index (χ2n) is 2.68. The Hall–Kier alpha value is -0.0400. The van der Waals surface area contributed by atoms with E-state index in [0.29, 0.717) is 0 Å². The third-order valence-corrected chi connectivity index (χ3v) is 1.56. The molecule has 0 saturated heterocycles. The van der Waals surface area contributed by atoms with Gasteiger partial charge in [0.25, 0.3) is 0 Å². The molecule has 0 radical (unpaired) electrons. The summed E-state index contributed by atoms with van der Waals surface area (Å²) in [6.45, 7) is 10.9. The molecular weight excluding hydrogens is 146 g/mol. The zero-order valence-corrected chi connectivity index (χ0v) is 9.98. The highest BCUT2D eigenvalue weighted by atomic mass is 14.4. The predicted molar refractivity (Wildman–Crippen MR) is 60.4 cm³/mol. The Morgan fingerprint density at radius 3 is 1.33 bits per heavy atom. The van der Waals surface area contributed by atoms with Crippen molar-refractivity contribution in [2.24, 2.45) is 11.7 Å². The Balaban J connectivity index is -0.000000175. The average Bonchev–Trinajstić information content (AvgIpc) is 2.12. The molecule has 1 nitrogen and oxygen atoms in total. The molecule has 0 bridgehead atoms. The smallest absolute Gasteiger partial charge is 0.0195 e. The Morgan fingerprint density at radius 1 is 0.917 bits per heavy atom. The van der Waals surface area contributed by atoms with E-state index >= 15 is 0 Å². The molecule has 1 heteroatoms. The summed E-state index contributed by atoms with van der Waals surface area (Å²) in [6.07, 6.45) is 5.52. The van der Waals surface area contributed by atoms with Crippen molar-refractivity contribution < 1.29 is 0 Å². The van der Waals surface area contributed by atoms with Gasteiger partial charge in [0.2, 0.25) is 0 Å². The van der Waals surface area contributed by atoms with Gasteiger partial charge in [-0.25, -0.2) is 0 Å². The summed E-state index contributed by atoms with van der Waals surface area (Å²) in [4.78, 5) is 0.